The molecule has 16 nitrogen and oxygen atoms in total. The van der Waals surface area contributed by atoms with Crippen LogP contribution in [0.15, 0.2) is 48.7 Å². The van der Waals surface area contributed by atoms with Gasteiger partial charge in [0.25, 0.3) is 0 Å². The third-order valence-electron chi connectivity index (χ3n) is 9.42. The van der Waals surface area contributed by atoms with Gasteiger partial charge in [0.1, 0.15) is 37.1 Å². The van der Waals surface area contributed by atoms with Crippen LogP contribution in [0.1, 0.15) is 105 Å². The highest BCUT2D eigenvalue weighted by molar-refractivity contribution is 6.07. The number of H-pyrrole nitrogens is 2. The van der Waals surface area contributed by atoms with Crippen LogP contribution in [0.4, 0.5) is 9.59 Å². The molecular formula is C50H74N8O8. The number of alkyl carbamates (subject to hydrolysis) is 2. The number of carbonyl (C=O) groups excluding carboxylic acids is 4. The van der Waals surface area contributed by atoms with Crippen LogP contribution >= 0.6 is 0 Å². The summed E-state index contributed by atoms with van der Waals surface area (Å²) in [6, 6.07) is 14.3. The summed E-state index contributed by atoms with van der Waals surface area (Å²) in [4.78, 5) is 68.3. The number of fused-ring (bicyclic) bond motifs is 6. The summed E-state index contributed by atoms with van der Waals surface area (Å²) >= 11 is 0. The van der Waals surface area contributed by atoms with Crippen molar-refractivity contribution in [1.82, 2.24) is 40.4 Å². The van der Waals surface area contributed by atoms with Crippen molar-refractivity contribution in [3.63, 3.8) is 0 Å². The van der Waals surface area contributed by atoms with Crippen LogP contribution in [0, 0.1) is 12.8 Å². The first-order valence-corrected chi connectivity index (χ1v) is 22.6. The van der Waals surface area contributed by atoms with E-state index in [0.717, 1.165) is 68.3 Å². The van der Waals surface area contributed by atoms with E-state index in [1.54, 1.807) is 30.2 Å². The van der Waals surface area contributed by atoms with Gasteiger partial charge in [-0.2, -0.15) is 0 Å². The second-order valence-corrected chi connectivity index (χ2v) is 14.7. The summed E-state index contributed by atoms with van der Waals surface area (Å²) in [5.74, 6) is 1.56. The maximum Gasteiger partial charge on any atom is 0.407 e. The van der Waals surface area contributed by atoms with Gasteiger partial charge in [0.15, 0.2) is 0 Å². The molecule has 0 radical (unpaired) electrons. The summed E-state index contributed by atoms with van der Waals surface area (Å²) in [6.45, 7) is 19.5. The van der Waals surface area contributed by atoms with Crippen molar-refractivity contribution >= 4 is 45.8 Å². The Morgan fingerprint density at radius 2 is 1.41 bits per heavy atom. The number of ether oxygens (including phenoxy) is 4. The van der Waals surface area contributed by atoms with Crippen LogP contribution in [0.25, 0.3) is 44.2 Å². The molecule has 1 atom stereocenters. The normalized spacial score (nSPS) is 10.8. The van der Waals surface area contributed by atoms with Gasteiger partial charge in [-0.05, 0) is 66.1 Å². The quantitative estimate of drug-likeness (QED) is 0.0827. The van der Waals surface area contributed by atoms with Gasteiger partial charge in [-0.3, -0.25) is 9.59 Å². The third-order valence-corrected chi connectivity index (χ3v) is 9.42. The van der Waals surface area contributed by atoms with Crippen LogP contribution in [-0.2, 0) is 43.5 Å². The Hall–Kier alpha value is -6.60. The van der Waals surface area contributed by atoms with Gasteiger partial charge in [-0.15, -0.1) is 12.8 Å². The van der Waals surface area contributed by atoms with Gasteiger partial charge in [0.2, 0.25) is 11.8 Å². The first-order valence-electron chi connectivity index (χ1n) is 22.6. The molecule has 4 amide bonds. The standard InChI is InChI=1S/C38H44N8O7.2C3H8.C2H6O.C2H6.C2H2/c1-6-12-45(34(47)17-40-37(49)51-4)19-33-42-29-11-9-23-14-28-26-10-8-24(13-25(26)21-53-31(28)15-27(23)36(29)44-33)30-16-39-32(43-30)20-46(22(3)7-2)35(48)18-41-38(50)52-5;3*1-3-2;2*1-2/h8-11,13-16,22H,6-7,12,17-21H2,1-5H3,(H,39,43)(H,40,49)(H,41,50)(H,42,44);2*3H2,1-2H3;1-2H3;1-2H3;1-2H/t22-;;;;;/m0...../s1. The molecule has 3 aromatic carbocycles. The lowest BCUT2D eigenvalue weighted by Crippen LogP contribution is -2.44. The van der Waals surface area contributed by atoms with Gasteiger partial charge >= 0.3 is 12.2 Å². The number of hydrogen-bond acceptors (Lipinski definition) is 10. The van der Waals surface area contributed by atoms with Crippen molar-refractivity contribution in [3.05, 3.63) is 65.9 Å². The third kappa shape index (κ3) is 16.8. The molecule has 5 aromatic rings. The molecule has 0 fully saturated rings. The van der Waals surface area contributed by atoms with E-state index >= 15 is 0 Å². The molecule has 0 unspecified atom stereocenters. The summed E-state index contributed by atoms with van der Waals surface area (Å²) in [5.41, 5.74) is 6.45. The number of aromatic amines is 2. The Morgan fingerprint density at radius 1 is 0.803 bits per heavy atom. The Labute approximate surface area is 391 Å². The van der Waals surface area contributed by atoms with E-state index in [2.05, 4.69) is 98.5 Å². The minimum Gasteiger partial charge on any atom is -0.488 e. The van der Waals surface area contributed by atoms with Gasteiger partial charge in [0, 0.05) is 37.8 Å². The predicted octanol–water partition coefficient (Wildman–Crippen LogP) is 9.61. The highest BCUT2D eigenvalue weighted by atomic mass is 16.5. The average Bonchev–Trinajstić information content (AvgIpc) is 3.99. The van der Waals surface area contributed by atoms with Crippen LogP contribution in [-0.4, -0.2) is 108 Å². The number of methoxy groups -OCH3 is 3. The molecule has 0 bridgehead atoms. The maximum absolute atomic E-state index is 13.0. The van der Waals surface area contributed by atoms with Gasteiger partial charge < -0.3 is 49.3 Å². The van der Waals surface area contributed by atoms with Crippen LogP contribution in [0.3, 0.4) is 0 Å². The van der Waals surface area contributed by atoms with E-state index in [4.69, 9.17) is 9.72 Å². The minimum absolute atomic E-state index is 0.0614. The smallest absolute Gasteiger partial charge is 0.407 e. The number of aromatic nitrogens is 4. The van der Waals surface area contributed by atoms with Crippen LogP contribution in [0.5, 0.6) is 5.75 Å². The molecule has 3 heterocycles. The van der Waals surface area contributed by atoms with E-state index < -0.39 is 12.2 Å². The molecule has 6 rings (SSSR count). The number of hydrogen-bond donors (Lipinski definition) is 4. The van der Waals surface area contributed by atoms with Crippen molar-refractivity contribution in [2.24, 2.45) is 0 Å². The van der Waals surface area contributed by atoms with Crippen molar-refractivity contribution in [1.29, 1.82) is 0 Å². The Bertz CT molecular complexity index is 2260. The zero-order valence-electron chi connectivity index (χ0n) is 41.5. The summed E-state index contributed by atoms with van der Waals surface area (Å²) in [5, 5.41) is 6.84. The lowest BCUT2D eigenvalue weighted by Gasteiger charge is -2.28. The molecule has 362 valence electrons. The SMILES string of the molecule is C#C.CC.CCC.CCC.CCCN(Cc1nc2c(ccc3cc4c(cc32)OCc2cc(-c3cnc(CN(C(=O)CNC(=O)OC)[C@@H](C)CC)[nH]3)ccc2-4)[nH]1)C(=O)CNC(=O)OC.COC. The van der Waals surface area contributed by atoms with Crippen molar-refractivity contribution in [3.8, 4) is 41.0 Å². The van der Waals surface area contributed by atoms with Crippen molar-refractivity contribution < 1.29 is 38.1 Å². The molecule has 66 heavy (non-hydrogen) atoms. The average molecular weight is 915 g/mol. The largest absolute Gasteiger partial charge is 0.488 e. The number of amides is 4. The van der Waals surface area contributed by atoms with Crippen LogP contribution in [0.2, 0.25) is 0 Å². The number of carbonyl (C=O) groups is 4. The maximum atomic E-state index is 13.0. The van der Waals surface area contributed by atoms with Crippen LogP contribution < -0.4 is 15.4 Å². The minimum atomic E-state index is -0.659. The lowest BCUT2D eigenvalue weighted by molar-refractivity contribution is -0.133. The molecule has 1 aliphatic rings. The Morgan fingerprint density at radius 3 is 1.98 bits per heavy atom. The highest BCUT2D eigenvalue weighted by Crippen LogP contribution is 2.42. The Kier molecular flexibility index (Phi) is 27.2. The fourth-order valence-corrected chi connectivity index (χ4v) is 6.44. The molecule has 1 aliphatic heterocycles. The van der Waals surface area contributed by atoms with Gasteiger partial charge in [0.05, 0.1) is 50.2 Å². The summed E-state index contributed by atoms with van der Waals surface area (Å²) < 4.78 is 19.7. The van der Waals surface area contributed by atoms with E-state index in [1.807, 2.05) is 58.9 Å². The van der Waals surface area contributed by atoms with Crippen molar-refractivity contribution in [2.75, 3.05) is 48.1 Å². The van der Waals surface area contributed by atoms with E-state index in [0.29, 0.717) is 24.8 Å². The first kappa shape index (κ1) is 57.4. The second-order valence-electron chi connectivity index (χ2n) is 14.7. The molecule has 0 saturated heterocycles. The monoisotopic (exact) mass is 915 g/mol. The number of terminal acetylenes is 1. The highest BCUT2D eigenvalue weighted by Gasteiger charge is 2.24. The fraction of sp³-hybridized carbons (Fsp3) is 0.480. The molecule has 0 aliphatic carbocycles. The first-order chi connectivity index (χ1) is 31.9. The summed E-state index contributed by atoms with van der Waals surface area (Å²) in [7, 11) is 5.76. The number of imidazole rings is 2. The number of nitrogens with zero attached hydrogens (tertiary/aromatic N) is 4. The topological polar surface area (TPSA) is 193 Å². The van der Waals surface area contributed by atoms with E-state index in [9.17, 15) is 19.2 Å². The molecule has 4 N–H and O–H groups in total. The predicted molar refractivity (Wildman–Crippen MR) is 264 cm³/mol. The number of rotatable bonds is 13. The molecule has 0 saturated carbocycles. The van der Waals surface area contributed by atoms with E-state index in [1.165, 1.54) is 27.1 Å². The fourth-order valence-electron chi connectivity index (χ4n) is 6.44. The molecule has 16 heteroatoms. The zero-order chi connectivity index (χ0) is 49.8. The van der Waals surface area contributed by atoms with Gasteiger partial charge in [-0.25, -0.2) is 19.6 Å². The zero-order valence-corrected chi connectivity index (χ0v) is 41.5. The molecule has 0 spiro atoms. The van der Waals surface area contributed by atoms with E-state index in [-0.39, 0.29) is 44.0 Å². The summed E-state index contributed by atoms with van der Waals surface area (Å²) in [6.07, 6.45) is 12.4. The molecule has 2 aromatic heterocycles. The van der Waals surface area contributed by atoms with Gasteiger partial charge in [-0.1, -0.05) is 86.4 Å². The number of nitrogens with one attached hydrogen (secondary N) is 4. The Balaban J connectivity index is 0.00000151. The number of benzene rings is 3. The second kappa shape index (κ2) is 31.3. The lowest BCUT2D eigenvalue weighted by atomic mass is 9.92. The molecular weight excluding hydrogens is 841 g/mol. The van der Waals surface area contributed by atoms with Crippen molar-refractivity contribution in [2.45, 2.75) is 114 Å².